The third-order valence-electron chi connectivity index (χ3n) is 7.53. The summed E-state index contributed by atoms with van der Waals surface area (Å²) in [5.41, 5.74) is 6.19. The first-order chi connectivity index (χ1) is 15.7. The Labute approximate surface area is 191 Å². The molecule has 0 aromatic heterocycles. The van der Waals surface area contributed by atoms with E-state index in [4.69, 9.17) is 9.47 Å². The maximum absolute atomic E-state index is 12.6. The lowest BCUT2D eigenvalue weighted by Gasteiger charge is -2.40. The Kier molecular flexibility index (Phi) is 6.06. The van der Waals surface area contributed by atoms with Gasteiger partial charge in [-0.1, -0.05) is 48.5 Å². The van der Waals surface area contributed by atoms with Crippen LogP contribution in [-0.4, -0.2) is 56.0 Å². The van der Waals surface area contributed by atoms with Gasteiger partial charge >= 0.3 is 0 Å². The molecule has 3 aliphatic rings. The molecule has 1 aliphatic heterocycles. The topological polar surface area (TPSA) is 50.8 Å². The molecule has 0 unspecified atom stereocenters. The van der Waals surface area contributed by atoms with Crippen LogP contribution in [0.25, 0.3) is 0 Å². The highest BCUT2D eigenvalue weighted by atomic mass is 16.7. The van der Waals surface area contributed by atoms with Crippen molar-refractivity contribution in [2.75, 3.05) is 32.8 Å². The number of rotatable bonds is 8. The number of piperidine rings is 1. The molecule has 0 saturated carbocycles. The van der Waals surface area contributed by atoms with Crippen LogP contribution in [-0.2, 0) is 19.7 Å². The summed E-state index contributed by atoms with van der Waals surface area (Å²) in [4.78, 5) is 15.2. The van der Waals surface area contributed by atoms with Crippen LogP contribution in [0.1, 0.15) is 61.3 Å². The van der Waals surface area contributed by atoms with Gasteiger partial charge in [0, 0.05) is 50.2 Å². The fourth-order valence-corrected chi connectivity index (χ4v) is 6.20. The van der Waals surface area contributed by atoms with Crippen LogP contribution in [0.3, 0.4) is 0 Å². The molecule has 5 rings (SSSR count). The standard InChI is InChI=1S/C27H34N2O3/c1-3-31-26(32-4-2)25(30)28-19-13-15-29(16-14-19)18-27-17-22(20-9-5-7-11-23(20)27)21-10-6-8-12-24(21)27/h5-12,19,22,26H,3-4,13-18H2,1-2H3,(H,28,30). The second-order valence-corrected chi connectivity index (χ2v) is 9.31. The van der Waals surface area contributed by atoms with Crippen molar-refractivity contribution in [2.45, 2.75) is 56.8 Å². The zero-order chi connectivity index (χ0) is 22.1. The van der Waals surface area contributed by atoms with Gasteiger partial charge in [-0.05, 0) is 55.4 Å². The number of hydrogen-bond donors (Lipinski definition) is 1. The lowest BCUT2D eigenvalue weighted by molar-refractivity contribution is -0.171. The van der Waals surface area contributed by atoms with Crippen molar-refractivity contribution in [3.8, 4) is 0 Å². The van der Waals surface area contributed by atoms with E-state index in [1.165, 1.54) is 28.7 Å². The van der Waals surface area contributed by atoms with Gasteiger partial charge in [-0.15, -0.1) is 0 Å². The number of likely N-dealkylation sites (tertiary alicyclic amines) is 1. The van der Waals surface area contributed by atoms with Gasteiger partial charge in [-0.2, -0.15) is 0 Å². The van der Waals surface area contributed by atoms with E-state index in [2.05, 4.69) is 58.7 Å². The number of ether oxygens (including phenoxy) is 2. The third kappa shape index (κ3) is 3.66. The number of carbonyl (C=O) groups is 1. The van der Waals surface area contributed by atoms with Crippen molar-refractivity contribution in [3.63, 3.8) is 0 Å². The Balaban J connectivity index is 1.26. The van der Waals surface area contributed by atoms with Gasteiger partial charge in [0.1, 0.15) is 0 Å². The molecule has 2 aromatic rings. The number of nitrogens with zero attached hydrogens (tertiary/aromatic N) is 1. The van der Waals surface area contributed by atoms with Crippen molar-refractivity contribution < 1.29 is 14.3 Å². The summed E-state index contributed by atoms with van der Waals surface area (Å²) in [5, 5.41) is 3.15. The number of nitrogens with one attached hydrogen (secondary N) is 1. The predicted molar refractivity (Wildman–Crippen MR) is 125 cm³/mol. The Morgan fingerprint density at radius 3 is 2.12 bits per heavy atom. The predicted octanol–water partition coefficient (Wildman–Crippen LogP) is 3.80. The van der Waals surface area contributed by atoms with E-state index < -0.39 is 6.29 Å². The molecule has 1 amide bonds. The average Bonchev–Trinajstić information content (AvgIpc) is 3.32. The fourth-order valence-electron chi connectivity index (χ4n) is 6.20. The molecule has 1 N–H and O–H groups in total. The molecule has 1 saturated heterocycles. The second kappa shape index (κ2) is 8.97. The lowest BCUT2D eigenvalue weighted by atomic mass is 9.74. The molecule has 0 radical (unpaired) electrons. The summed E-state index contributed by atoms with van der Waals surface area (Å²) in [6.45, 7) is 7.73. The summed E-state index contributed by atoms with van der Waals surface area (Å²) in [6.07, 6.45) is 2.30. The van der Waals surface area contributed by atoms with Crippen LogP contribution in [0.2, 0.25) is 0 Å². The second-order valence-electron chi connectivity index (χ2n) is 9.31. The van der Waals surface area contributed by atoms with Gasteiger partial charge in [-0.25, -0.2) is 0 Å². The fraction of sp³-hybridized carbons (Fsp3) is 0.519. The molecular formula is C27H34N2O3. The highest BCUT2D eigenvalue weighted by molar-refractivity contribution is 5.79. The number of carbonyl (C=O) groups excluding carboxylic acids is 1. The molecule has 1 fully saturated rings. The first-order valence-electron chi connectivity index (χ1n) is 12.1. The van der Waals surface area contributed by atoms with Crippen molar-refractivity contribution in [3.05, 3.63) is 70.8 Å². The number of amides is 1. The number of fused-ring (bicyclic) bond motifs is 8. The smallest absolute Gasteiger partial charge is 0.277 e. The van der Waals surface area contributed by atoms with E-state index in [9.17, 15) is 4.79 Å². The van der Waals surface area contributed by atoms with Crippen molar-refractivity contribution in [1.82, 2.24) is 10.2 Å². The van der Waals surface area contributed by atoms with Gasteiger partial charge in [-0.3, -0.25) is 4.79 Å². The van der Waals surface area contributed by atoms with Crippen LogP contribution in [0, 0.1) is 0 Å². The molecule has 1 heterocycles. The highest BCUT2D eigenvalue weighted by Gasteiger charge is 2.53. The summed E-state index contributed by atoms with van der Waals surface area (Å²) in [7, 11) is 0. The van der Waals surface area contributed by atoms with Crippen molar-refractivity contribution in [2.24, 2.45) is 0 Å². The van der Waals surface area contributed by atoms with Crippen LogP contribution in [0.4, 0.5) is 0 Å². The van der Waals surface area contributed by atoms with Gasteiger partial charge in [0.05, 0.1) is 0 Å². The monoisotopic (exact) mass is 434 g/mol. The van der Waals surface area contributed by atoms with E-state index in [0.29, 0.717) is 19.1 Å². The Bertz CT molecular complexity index is 913. The van der Waals surface area contributed by atoms with E-state index in [1.54, 1.807) is 0 Å². The minimum absolute atomic E-state index is 0.100. The van der Waals surface area contributed by atoms with E-state index >= 15 is 0 Å². The minimum Gasteiger partial charge on any atom is -0.349 e. The Hall–Kier alpha value is -2.21. The maximum Gasteiger partial charge on any atom is 0.277 e. The molecule has 2 aromatic carbocycles. The largest absolute Gasteiger partial charge is 0.349 e. The third-order valence-corrected chi connectivity index (χ3v) is 7.53. The molecule has 2 aliphatic carbocycles. The molecule has 170 valence electrons. The van der Waals surface area contributed by atoms with Crippen LogP contribution >= 0.6 is 0 Å². The zero-order valence-electron chi connectivity index (χ0n) is 19.2. The van der Waals surface area contributed by atoms with Crippen molar-refractivity contribution >= 4 is 5.91 Å². The summed E-state index contributed by atoms with van der Waals surface area (Å²) < 4.78 is 10.9. The van der Waals surface area contributed by atoms with Crippen LogP contribution < -0.4 is 5.32 Å². The van der Waals surface area contributed by atoms with E-state index in [0.717, 1.165) is 32.5 Å². The van der Waals surface area contributed by atoms with Crippen molar-refractivity contribution in [1.29, 1.82) is 0 Å². The average molecular weight is 435 g/mol. The molecule has 0 atom stereocenters. The molecule has 2 bridgehead atoms. The van der Waals surface area contributed by atoms with Crippen LogP contribution in [0.15, 0.2) is 48.5 Å². The Morgan fingerprint density at radius 2 is 1.56 bits per heavy atom. The molecule has 5 heteroatoms. The van der Waals surface area contributed by atoms with E-state index in [-0.39, 0.29) is 17.4 Å². The van der Waals surface area contributed by atoms with E-state index in [1.807, 2.05) is 13.8 Å². The lowest BCUT2D eigenvalue weighted by Crippen LogP contribution is -2.50. The summed E-state index contributed by atoms with van der Waals surface area (Å²) in [5.74, 6) is 0.385. The SMILES string of the molecule is CCOC(OCC)C(=O)NC1CCN(CC23CC(c4ccccc42)c2ccccc23)CC1. The molecular weight excluding hydrogens is 400 g/mol. The quantitative estimate of drug-likeness (QED) is 0.642. The molecule has 0 spiro atoms. The van der Waals surface area contributed by atoms with Gasteiger partial charge in [0.15, 0.2) is 0 Å². The zero-order valence-corrected chi connectivity index (χ0v) is 19.2. The van der Waals surface area contributed by atoms with Gasteiger partial charge < -0.3 is 19.7 Å². The minimum atomic E-state index is -0.802. The van der Waals surface area contributed by atoms with Gasteiger partial charge in [0.2, 0.25) is 6.29 Å². The molecule has 5 nitrogen and oxygen atoms in total. The van der Waals surface area contributed by atoms with Crippen LogP contribution in [0.5, 0.6) is 0 Å². The Morgan fingerprint density at radius 1 is 1.00 bits per heavy atom. The summed E-state index contributed by atoms with van der Waals surface area (Å²) in [6, 6.07) is 18.3. The van der Waals surface area contributed by atoms with Gasteiger partial charge in [0.25, 0.3) is 5.91 Å². The number of hydrogen-bond acceptors (Lipinski definition) is 4. The first kappa shape index (κ1) is 21.6. The molecule has 32 heavy (non-hydrogen) atoms. The maximum atomic E-state index is 12.6. The normalized spacial score (nSPS) is 24.5. The number of benzene rings is 2. The summed E-state index contributed by atoms with van der Waals surface area (Å²) >= 11 is 0. The first-order valence-corrected chi connectivity index (χ1v) is 12.1. The highest BCUT2D eigenvalue weighted by Crippen LogP contribution is 2.60.